The zero-order valence-electron chi connectivity index (χ0n) is 9.20. The monoisotopic (exact) mass is 377 g/mol. The van der Waals surface area contributed by atoms with E-state index in [0.29, 0.717) is 23.1 Å². The van der Waals surface area contributed by atoms with E-state index in [1.165, 1.54) is 0 Å². The van der Waals surface area contributed by atoms with Crippen LogP contribution in [-0.2, 0) is 6.54 Å². The summed E-state index contributed by atoms with van der Waals surface area (Å²) in [5.41, 5.74) is 0.798. The van der Waals surface area contributed by atoms with Crippen molar-refractivity contribution in [1.82, 2.24) is 0 Å². The molecule has 0 saturated heterocycles. The van der Waals surface area contributed by atoms with Gasteiger partial charge in [-0.3, -0.25) is 0 Å². The van der Waals surface area contributed by atoms with Gasteiger partial charge in [-0.25, -0.2) is 0 Å². The van der Waals surface area contributed by atoms with Crippen LogP contribution < -0.4 is 14.8 Å². The highest BCUT2D eigenvalue weighted by Gasteiger charge is 2.16. The van der Waals surface area contributed by atoms with Crippen molar-refractivity contribution in [2.45, 2.75) is 6.54 Å². The summed E-state index contributed by atoms with van der Waals surface area (Å²) in [4.78, 5) is 0. The van der Waals surface area contributed by atoms with Gasteiger partial charge in [0.15, 0.2) is 15.3 Å². The molecule has 0 atom stereocenters. The van der Waals surface area contributed by atoms with Crippen molar-refractivity contribution in [2.24, 2.45) is 0 Å². The quantitative estimate of drug-likeness (QED) is 0.825. The Morgan fingerprint density at radius 2 is 2.00 bits per heavy atom. The van der Waals surface area contributed by atoms with Crippen LogP contribution >= 0.6 is 34.2 Å². The van der Waals surface area contributed by atoms with Crippen LogP contribution in [0.2, 0.25) is 5.02 Å². The first kappa shape index (κ1) is 12.0. The molecule has 0 unspecified atom stereocenters. The average Bonchev–Trinajstić information content (AvgIpc) is 2.94. The SMILES string of the molecule is Clc1cc2c(cc1NCc1ccc(I)o1)OCO2. The molecule has 1 aromatic carbocycles. The first-order valence-corrected chi connectivity index (χ1v) is 6.75. The molecule has 2 heterocycles. The number of anilines is 1. The second kappa shape index (κ2) is 4.89. The summed E-state index contributed by atoms with van der Waals surface area (Å²) in [6.07, 6.45) is 0. The lowest BCUT2D eigenvalue weighted by atomic mass is 10.2. The summed E-state index contributed by atoms with van der Waals surface area (Å²) in [6.45, 7) is 0.813. The molecule has 1 aliphatic heterocycles. The largest absolute Gasteiger partial charge is 0.454 e. The van der Waals surface area contributed by atoms with E-state index >= 15 is 0 Å². The van der Waals surface area contributed by atoms with Crippen LogP contribution in [0.5, 0.6) is 11.5 Å². The van der Waals surface area contributed by atoms with E-state index in [4.69, 9.17) is 25.5 Å². The van der Waals surface area contributed by atoms with E-state index in [1.54, 1.807) is 6.07 Å². The zero-order chi connectivity index (χ0) is 12.5. The third kappa shape index (κ3) is 2.37. The topological polar surface area (TPSA) is 43.6 Å². The number of fused-ring (bicyclic) bond motifs is 1. The smallest absolute Gasteiger partial charge is 0.231 e. The van der Waals surface area contributed by atoms with E-state index in [-0.39, 0.29) is 6.79 Å². The van der Waals surface area contributed by atoms with Gasteiger partial charge in [-0.1, -0.05) is 11.6 Å². The van der Waals surface area contributed by atoms with Gasteiger partial charge in [0.2, 0.25) is 6.79 Å². The highest BCUT2D eigenvalue weighted by atomic mass is 127. The molecule has 0 saturated carbocycles. The van der Waals surface area contributed by atoms with Gasteiger partial charge in [0, 0.05) is 12.1 Å². The second-order valence-electron chi connectivity index (χ2n) is 3.74. The minimum atomic E-state index is 0.242. The van der Waals surface area contributed by atoms with E-state index in [0.717, 1.165) is 15.2 Å². The maximum atomic E-state index is 6.15. The van der Waals surface area contributed by atoms with Gasteiger partial charge in [0.25, 0.3) is 0 Å². The van der Waals surface area contributed by atoms with E-state index in [9.17, 15) is 0 Å². The Hall–Kier alpha value is -1.08. The van der Waals surface area contributed by atoms with Crippen LogP contribution in [0.3, 0.4) is 0 Å². The van der Waals surface area contributed by atoms with Crippen molar-refractivity contribution in [1.29, 1.82) is 0 Å². The third-order valence-corrected chi connectivity index (χ3v) is 3.44. The van der Waals surface area contributed by atoms with Gasteiger partial charge in [0.1, 0.15) is 5.76 Å². The molecule has 0 spiro atoms. The predicted molar refractivity (Wildman–Crippen MR) is 76.3 cm³/mol. The Morgan fingerprint density at radius 3 is 2.72 bits per heavy atom. The lowest BCUT2D eigenvalue weighted by molar-refractivity contribution is 0.174. The fourth-order valence-corrected chi connectivity index (χ4v) is 2.36. The number of ether oxygens (including phenoxy) is 2. The predicted octanol–water partition coefficient (Wildman–Crippen LogP) is 3.88. The molecule has 4 nitrogen and oxygen atoms in total. The van der Waals surface area contributed by atoms with Gasteiger partial charge in [-0.2, -0.15) is 0 Å². The second-order valence-corrected chi connectivity index (χ2v) is 5.22. The van der Waals surface area contributed by atoms with E-state index < -0.39 is 0 Å². The average molecular weight is 378 g/mol. The summed E-state index contributed by atoms with van der Waals surface area (Å²) in [7, 11) is 0. The Morgan fingerprint density at radius 1 is 1.22 bits per heavy atom. The lowest BCUT2D eigenvalue weighted by Crippen LogP contribution is -1.98. The molecule has 94 valence electrons. The normalized spacial score (nSPS) is 12.8. The summed E-state index contributed by atoms with van der Waals surface area (Å²) in [6, 6.07) is 7.42. The summed E-state index contributed by atoms with van der Waals surface area (Å²) < 4.78 is 16.9. The molecule has 0 amide bonds. The Labute approximate surface area is 122 Å². The fourth-order valence-electron chi connectivity index (χ4n) is 1.68. The van der Waals surface area contributed by atoms with Crippen LogP contribution in [0.1, 0.15) is 5.76 Å². The maximum absolute atomic E-state index is 6.15. The Bertz CT molecular complexity index is 585. The van der Waals surface area contributed by atoms with Crippen molar-refractivity contribution in [3.8, 4) is 11.5 Å². The number of hydrogen-bond donors (Lipinski definition) is 1. The van der Waals surface area contributed by atoms with Crippen LogP contribution in [0, 0.1) is 3.77 Å². The number of halogens is 2. The minimum absolute atomic E-state index is 0.242. The minimum Gasteiger partial charge on any atom is -0.454 e. The first-order chi connectivity index (χ1) is 8.72. The molecule has 1 N–H and O–H groups in total. The number of benzene rings is 1. The van der Waals surface area contributed by atoms with Crippen molar-refractivity contribution in [3.63, 3.8) is 0 Å². The fraction of sp³-hybridized carbons (Fsp3) is 0.167. The molecule has 2 aromatic rings. The summed E-state index contributed by atoms with van der Waals surface area (Å²) >= 11 is 8.28. The summed E-state index contributed by atoms with van der Waals surface area (Å²) in [5, 5.41) is 3.81. The standard InChI is InChI=1S/C12H9ClINO3/c13-8-3-10-11(17-6-16-10)4-9(8)15-5-7-1-2-12(14)18-7/h1-4,15H,5-6H2. The molecule has 1 aliphatic rings. The molecule has 0 radical (unpaired) electrons. The van der Waals surface area contributed by atoms with Crippen LogP contribution in [0.15, 0.2) is 28.7 Å². The van der Waals surface area contributed by atoms with Gasteiger partial charge in [0.05, 0.1) is 17.3 Å². The van der Waals surface area contributed by atoms with Crippen LogP contribution in [0.25, 0.3) is 0 Å². The third-order valence-electron chi connectivity index (χ3n) is 2.54. The lowest BCUT2D eigenvalue weighted by Gasteiger charge is -2.08. The van der Waals surface area contributed by atoms with Crippen molar-refractivity contribution < 1.29 is 13.9 Å². The molecular weight excluding hydrogens is 368 g/mol. The molecule has 18 heavy (non-hydrogen) atoms. The van der Waals surface area contributed by atoms with Crippen LogP contribution in [0.4, 0.5) is 5.69 Å². The molecule has 0 fully saturated rings. The van der Waals surface area contributed by atoms with Gasteiger partial charge < -0.3 is 19.2 Å². The van der Waals surface area contributed by atoms with Crippen molar-refractivity contribution in [2.75, 3.05) is 12.1 Å². The number of hydrogen-bond acceptors (Lipinski definition) is 4. The molecule has 0 bridgehead atoms. The van der Waals surface area contributed by atoms with E-state index in [1.807, 2.05) is 18.2 Å². The van der Waals surface area contributed by atoms with E-state index in [2.05, 4.69) is 27.9 Å². The van der Waals surface area contributed by atoms with Crippen molar-refractivity contribution in [3.05, 3.63) is 38.8 Å². The zero-order valence-corrected chi connectivity index (χ0v) is 12.1. The number of nitrogens with one attached hydrogen (secondary N) is 1. The van der Waals surface area contributed by atoms with Crippen LogP contribution in [-0.4, -0.2) is 6.79 Å². The Kier molecular flexibility index (Phi) is 3.25. The number of furan rings is 1. The van der Waals surface area contributed by atoms with Gasteiger partial charge in [-0.05, 0) is 34.7 Å². The molecular formula is C12H9ClINO3. The van der Waals surface area contributed by atoms with Gasteiger partial charge in [-0.15, -0.1) is 0 Å². The molecule has 0 aliphatic carbocycles. The summed E-state index contributed by atoms with van der Waals surface area (Å²) in [5.74, 6) is 2.24. The highest BCUT2D eigenvalue weighted by molar-refractivity contribution is 14.1. The first-order valence-electron chi connectivity index (χ1n) is 5.29. The Balaban J connectivity index is 1.76. The van der Waals surface area contributed by atoms with Crippen molar-refractivity contribution >= 4 is 39.9 Å². The molecule has 3 rings (SSSR count). The maximum Gasteiger partial charge on any atom is 0.231 e. The number of rotatable bonds is 3. The molecule has 6 heteroatoms. The molecule has 1 aromatic heterocycles. The highest BCUT2D eigenvalue weighted by Crippen LogP contribution is 2.39. The van der Waals surface area contributed by atoms with Gasteiger partial charge >= 0.3 is 0 Å².